The Morgan fingerprint density at radius 1 is 1.35 bits per heavy atom. The van der Waals surface area contributed by atoms with Gasteiger partial charge in [-0.15, -0.1) is 5.10 Å². The summed E-state index contributed by atoms with van der Waals surface area (Å²) in [5.74, 6) is 0.521. The van der Waals surface area contributed by atoms with Crippen molar-refractivity contribution < 1.29 is 14.4 Å². The molecule has 2 aromatic rings. The lowest BCUT2D eigenvalue weighted by molar-refractivity contribution is -0.858. The second-order valence-electron chi connectivity index (χ2n) is 4.63. The minimum absolute atomic E-state index is 0.521. The molecule has 20 heavy (non-hydrogen) atoms. The van der Waals surface area contributed by atoms with Gasteiger partial charge in [0.05, 0.1) is 19.6 Å². The van der Waals surface area contributed by atoms with Crippen LogP contribution in [0.1, 0.15) is 6.92 Å². The van der Waals surface area contributed by atoms with Crippen molar-refractivity contribution in [3.63, 3.8) is 0 Å². The third-order valence-corrected chi connectivity index (χ3v) is 2.67. The number of anilines is 1. The van der Waals surface area contributed by atoms with Crippen LogP contribution in [0.4, 0.5) is 5.69 Å². The molecule has 0 atom stereocenters. The van der Waals surface area contributed by atoms with Crippen molar-refractivity contribution in [1.82, 2.24) is 9.61 Å². The summed E-state index contributed by atoms with van der Waals surface area (Å²) < 4.78 is 11.8. The van der Waals surface area contributed by atoms with Crippen LogP contribution < -0.4 is 15.4 Å². The Labute approximate surface area is 120 Å². The summed E-state index contributed by atoms with van der Waals surface area (Å²) in [5.41, 5.74) is 7.43. The number of likely N-dealkylation sites (N-methyl/N-ethyl adjacent to an activating group) is 1. The number of hydrogen-bond acceptors (Lipinski definition) is 4. The van der Waals surface area contributed by atoms with Crippen molar-refractivity contribution in [2.24, 2.45) is 0 Å². The Bertz CT molecular complexity index is 509. The van der Waals surface area contributed by atoms with Crippen LogP contribution in [0.3, 0.4) is 0 Å². The van der Waals surface area contributed by atoms with Crippen molar-refractivity contribution in [3.8, 4) is 5.88 Å². The van der Waals surface area contributed by atoms with E-state index in [4.69, 9.17) is 10.5 Å². The summed E-state index contributed by atoms with van der Waals surface area (Å²) in [6.45, 7) is 4.32. The summed E-state index contributed by atoms with van der Waals surface area (Å²) >= 11 is 0. The zero-order valence-electron chi connectivity index (χ0n) is 12.7. The van der Waals surface area contributed by atoms with Crippen molar-refractivity contribution >= 4 is 11.2 Å². The molecule has 112 valence electrons. The molecule has 0 radical (unpaired) electrons. The van der Waals surface area contributed by atoms with E-state index in [-0.39, 0.29) is 0 Å². The Kier molecular flexibility index (Phi) is 6.83. The summed E-state index contributed by atoms with van der Waals surface area (Å²) in [6, 6.07) is 5.76. The molecule has 6 nitrogen and oxygen atoms in total. The van der Waals surface area contributed by atoms with Crippen LogP contribution in [0, 0.1) is 0 Å². The maximum atomic E-state index is 5.94. The first kappa shape index (κ1) is 16.3. The number of nitrogens with one attached hydrogen (secondary N) is 1. The standard InChI is InChI=1S/C11H16N4O.C3H8O/c1-14(2)7-8-16-11-10(12)9-5-3-4-6-15(9)13-11;1-3-4-2/h3-6H,7-8,12H2,1-2H3;3H2,1-2H3/p+1. The topological polar surface area (TPSA) is 66.2 Å². The van der Waals surface area contributed by atoms with E-state index in [1.54, 1.807) is 11.6 Å². The van der Waals surface area contributed by atoms with Gasteiger partial charge in [0.1, 0.15) is 18.8 Å². The number of pyridine rings is 1. The molecule has 0 aliphatic rings. The highest BCUT2D eigenvalue weighted by Gasteiger charge is 2.10. The predicted molar refractivity (Wildman–Crippen MR) is 80.3 cm³/mol. The summed E-state index contributed by atoms with van der Waals surface area (Å²) in [4.78, 5) is 1.34. The molecule has 0 aliphatic heterocycles. The maximum absolute atomic E-state index is 5.94. The van der Waals surface area contributed by atoms with Gasteiger partial charge in [-0.2, -0.15) is 0 Å². The van der Waals surface area contributed by atoms with E-state index in [1.165, 1.54) is 4.90 Å². The number of fused-ring (bicyclic) bond motifs is 1. The lowest BCUT2D eigenvalue weighted by atomic mass is 10.4. The van der Waals surface area contributed by atoms with Crippen LogP contribution in [-0.2, 0) is 4.74 Å². The normalized spacial score (nSPS) is 10.4. The summed E-state index contributed by atoms with van der Waals surface area (Å²) in [7, 11) is 5.84. The molecule has 0 saturated heterocycles. The van der Waals surface area contributed by atoms with Crippen molar-refractivity contribution in [3.05, 3.63) is 24.4 Å². The highest BCUT2D eigenvalue weighted by molar-refractivity contribution is 5.74. The second-order valence-corrected chi connectivity index (χ2v) is 4.63. The van der Waals surface area contributed by atoms with Crippen molar-refractivity contribution in [1.29, 1.82) is 0 Å². The number of nitrogens with zero attached hydrogens (tertiary/aromatic N) is 2. The average molecular weight is 281 g/mol. The fourth-order valence-corrected chi connectivity index (χ4v) is 1.45. The zero-order chi connectivity index (χ0) is 15.0. The van der Waals surface area contributed by atoms with Crippen molar-refractivity contribution in [2.75, 3.05) is 46.7 Å². The van der Waals surface area contributed by atoms with Crippen LogP contribution in [0.15, 0.2) is 24.4 Å². The van der Waals surface area contributed by atoms with Gasteiger partial charge in [-0.3, -0.25) is 0 Å². The maximum Gasteiger partial charge on any atom is 0.257 e. The number of methoxy groups -OCH3 is 1. The number of aromatic nitrogens is 2. The van der Waals surface area contributed by atoms with E-state index >= 15 is 0 Å². The molecule has 0 fully saturated rings. The number of quaternary nitrogens is 1. The average Bonchev–Trinajstić information content (AvgIpc) is 2.76. The Balaban J connectivity index is 0.000000444. The summed E-state index contributed by atoms with van der Waals surface area (Å²) in [6.07, 6.45) is 1.86. The van der Waals surface area contributed by atoms with E-state index < -0.39 is 0 Å². The van der Waals surface area contributed by atoms with Gasteiger partial charge < -0.3 is 20.1 Å². The number of nitrogen functional groups attached to an aromatic ring is 1. The molecule has 0 unspecified atom stereocenters. The molecule has 2 aromatic heterocycles. The van der Waals surface area contributed by atoms with Crippen LogP contribution in [0.5, 0.6) is 5.88 Å². The Hall–Kier alpha value is -1.79. The molecule has 0 aromatic carbocycles. The molecule has 0 aliphatic carbocycles. The first-order chi connectivity index (χ1) is 9.60. The molecule has 6 heteroatoms. The fraction of sp³-hybridized carbons (Fsp3) is 0.500. The minimum atomic E-state index is 0.521. The van der Waals surface area contributed by atoms with Gasteiger partial charge in [-0.25, -0.2) is 4.52 Å². The van der Waals surface area contributed by atoms with Gasteiger partial charge in [0, 0.05) is 19.9 Å². The van der Waals surface area contributed by atoms with Gasteiger partial charge in [-0.05, 0) is 19.1 Å². The van der Waals surface area contributed by atoms with E-state index in [9.17, 15) is 0 Å². The van der Waals surface area contributed by atoms with Crippen molar-refractivity contribution in [2.45, 2.75) is 6.92 Å². The van der Waals surface area contributed by atoms with Gasteiger partial charge in [0.15, 0.2) is 0 Å². The van der Waals surface area contributed by atoms with Gasteiger partial charge in [0.25, 0.3) is 5.88 Å². The molecule has 0 saturated carbocycles. The third kappa shape index (κ3) is 4.71. The smallest absolute Gasteiger partial charge is 0.257 e. The Morgan fingerprint density at radius 3 is 2.60 bits per heavy atom. The number of rotatable bonds is 5. The zero-order valence-corrected chi connectivity index (χ0v) is 12.7. The highest BCUT2D eigenvalue weighted by Crippen LogP contribution is 2.24. The van der Waals surface area contributed by atoms with Gasteiger partial charge >= 0.3 is 0 Å². The second kappa shape index (κ2) is 8.39. The first-order valence-electron chi connectivity index (χ1n) is 6.73. The lowest BCUT2D eigenvalue weighted by Crippen LogP contribution is -3.06. The monoisotopic (exact) mass is 281 g/mol. The van der Waals surface area contributed by atoms with Gasteiger partial charge in [0.2, 0.25) is 0 Å². The van der Waals surface area contributed by atoms with Gasteiger partial charge in [-0.1, -0.05) is 6.07 Å². The fourth-order valence-electron chi connectivity index (χ4n) is 1.45. The van der Waals surface area contributed by atoms with E-state index in [1.807, 2.05) is 31.3 Å². The molecule has 2 heterocycles. The quantitative estimate of drug-likeness (QED) is 0.815. The van der Waals surface area contributed by atoms with E-state index in [2.05, 4.69) is 23.9 Å². The SMILES string of the molecule is CCOC.C[NH+](C)CCOc1nn2ccccc2c1N. The van der Waals surface area contributed by atoms with Crippen LogP contribution in [0.2, 0.25) is 0 Å². The van der Waals surface area contributed by atoms with Crippen LogP contribution in [0.25, 0.3) is 5.52 Å². The van der Waals surface area contributed by atoms with E-state index in [0.717, 1.165) is 18.7 Å². The third-order valence-electron chi connectivity index (χ3n) is 2.67. The molecule has 2 rings (SSSR count). The molecular weight excluding hydrogens is 256 g/mol. The lowest BCUT2D eigenvalue weighted by Gasteiger charge is -2.07. The molecular formula is C14H25N4O2+. The first-order valence-corrected chi connectivity index (χ1v) is 6.73. The Morgan fingerprint density at radius 2 is 2.05 bits per heavy atom. The number of hydrogen-bond donors (Lipinski definition) is 2. The summed E-state index contributed by atoms with van der Waals surface area (Å²) in [5, 5.41) is 4.27. The molecule has 0 spiro atoms. The van der Waals surface area contributed by atoms with Crippen LogP contribution in [-0.4, -0.2) is 50.6 Å². The molecule has 0 amide bonds. The van der Waals surface area contributed by atoms with Crippen LogP contribution >= 0.6 is 0 Å². The number of ether oxygens (including phenoxy) is 2. The minimum Gasteiger partial charge on any atom is -0.469 e. The molecule has 3 N–H and O–H groups in total. The number of nitrogens with two attached hydrogens (primary N) is 1. The predicted octanol–water partition coefficient (Wildman–Crippen LogP) is 0.0925. The van der Waals surface area contributed by atoms with E-state index in [0.29, 0.717) is 18.2 Å². The highest BCUT2D eigenvalue weighted by atomic mass is 16.5. The largest absolute Gasteiger partial charge is 0.469 e. The molecule has 0 bridgehead atoms.